The molecule has 3 atom stereocenters. The van der Waals surface area contributed by atoms with E-state index in [-0.39, 0.29) is 46.9 Å². The van der Waals surface area contributed by atoms with Crippen molar-refractivity contribution in [2.75, 3.05) is 26.7 Å². The third-order valence-corrected chi connectivity index (χ3v) is 7.07. The van der Waals surface area contributed by atoms with Crippen molar-refractivity contribution in [2.45, 2.75) is 25.8 Å². The lowest BCUT2D eigenvalue weighted by atomic mass is 9.87. The van der Waals surface area contributed by atoms with Crippen molar-refractivity contribution in [1.82, 2.24) is 9.80 Å². The van der Waals surface area contributed by atoms with E-state index in [4.69, 9.17) is 4.74 Å². The Balaban J connectivity index is 1.51. The summed E-state index contributed by atoms with van der Waals surface area (Å²) >= 11 is 0. The monoisotopic (exact) mass is 422 g/mol. The molecule has 5 rings (SSSR count). The van der Waals surface area contributed by atoms with Crippen LogP contribution in [-0.4, -0.2) is 48.4 Å². The second kappa shape index (κ2) is 7.66. The first-order chi connectivity index (χ1) is 15.0. The maximum atomic E-state index is 14.3. The predicted molar refractivity (Wildman–Crippen MR) is 114 cm³/mol. The van der Waals surface area contributed by atoms with Crippen molar-refractivity contribution >= 4 is 11.8 Å². The second-order valence-corrected chi connectivity index (χ2v) is 9.02. The molecular weight excluding hydrogens is 395 g/mol. The number of hydrogen-bond donors (Lipinski definition) is 0. The lowest BCUT2D eigenvalue weighted by Gasteiger charge is -2.31. The summed E-state index contributed by atoms with van der Waals surface area (Å²) < 4.78 is 19.5. The number of carbonyl (C=O) groups is 2. The zero-order valence-corrected chi connectivity index (χ0v) is 17.9. The lowest BCUT2D eigenvalue weighted by molar-refractivity contribution is -0.131. The first kappa shape index (κ1) is 20.0. The Hall–Kier alpha value is -2.89. The van der Waals surface area contributed by atoms with E-state index in [1.165, 1.54) is 13.2 Å². The molecule has 5 nitrogen and oxygen atoms in total. The molecule has 0 spiro atoms. The zero-order chi connectivity index (χ0) is 21.7. The molecule has 3 aliphatic rings. The molecule has 0 aromatic heterocycles. The van der Waals surface area contributed by atoms with Crippen LogP contribution in [0.5, 0.6) is 5.75 Å². The van der Waals surface area contributed by atoms with Crippen LogP contribution in [0.1, 0.15) is 40.4 Å². The van der Waals surface area contributed by atoms with E-state index < -0.39 is 5.82 Å². The standard InChI is InChI=1S/C25H27FN2O3/c1-15-6-3-4-7-18(15)22-20-14-27(24(29)16-10-11-16)12-17(20)13-28(22)25(30)19-8-5-9-21(26)23(19)31-2/h3-9,16-17,20,22H,10-14H2,1-2H3/t17-,20-,22+/m0/s1. The summed E-state index contributed by atoms with van der Waals surface area (Å²) in [6, 6.07) is 12.4. The second-order valence-electron chi connectivity index (χ2n) is 9.02. The molecule has 31 heavy (non-hydrogen) atoms. The summed E-state index contributed by atoms with van der Waals surface area (Å²) in [6.07, 6.45) is 1.99. The van der Waals surface area contributed by atoms with Crippen LogP contribution in [0.2, 0.25) is 0 Å². The van der Waals surface area contributed by atoms with Gasteiger partial charge in [0.1, 0.15) is 0 Å². The van der Waals surface area contributed by atoms with Crippen molar-refractivity contribution in [1.29, 1.82) is 0 Å². The molecule has 0 bridgehead atoms. The van der Waals surface area contributed by atoms with Gasteiger partial charge < -0.3 is 14.5 Å². The van der Waals surface area contributed by atoms with Crippen LogP contribution in [0.15, 0.2) is 42.5 Å². The first-order valence-electron chi connectivity index (χ1n) is 11.0. The van der Waals surface area contributed by atoms with E-state index >= 15 is 0 Å². The summed E-state index contributed by atoms with van der Waals surface area (Å²) in [7, 11) is 1.38. The number of halogens is 1. The van der Waals surface area contributed by atoms with Gasteiger partial charge >= 0.3 is 0 Å². The van der Waals surface area contributed by atoms with Gasteiger partial charge in [0.05, 0.1) is 18.7 Å². The number of ether oxygens (including phenoxy) is 1. The van der Waals surface area contributed by atoms with Crippen molar-refractivity contribution in [3.63, 3.8) is 0 Å². The van der Waals surface area contributed by atoms with E-state index in [1.807, 2.05) is 21.9 Å². The Morgan fingerprint density at radius 1 is 1.03 bits per heavy atom. The smallest absolute Gasteiger partial charge is 0.258 e. The summed E-state index contributed by atoms with van der Waals surface area (Å²) in [5.74, 6) is 0.0786. The van der Waals surface area contributed by atoms with E-state index in [2.05, 4.69) is 19.1 Å². The zero-order valence-electron chi connectivity index (χ0n) is 17.9. The predicted octanol–water partition coefficient (Wildman–Crippen LogP) is 3.82. The molecule has 0 N–H and O–H groups in total. The number of benzene rings is 2. The quantitative estimate of drug-likeness (QED) is 0.753. The summed E-state index contributed by atoms with van der Waals surface area (Å²) in [4.78, 5) is 30.2. The number of rotatable bonds is 4. The van der Waals surface area contributed by atoms with Crippen LogP contribution >= 0.6 is 0 Å². The molecular formula is C25H27FN2O3. The highest BCUT2D eigenvalue weighted by molar-refractivity contribution is 5.97. The highest BCUT2D eigenvalue weighted by Gasteiger charge is 2.51. The number of carbonyl (C=O) groups excluding carboxylic acids is 2. The fourth-order valence-electron chi connectivity index (χ4n) is 5.38. The number of methoxy groups -OCH3 is 1. The van der Waals surface area contributed by atoms with Gasteiger partial charge in [0.15, 0.2) is 11.6 Å². The SMILES string of the molecule is COc1c(F)cccc1C(=O)N1C[C@@H]2CN(C(=O)C3CC3)C[C@@H]2[C@H]1c1ccccc1C. The number of likely N-dealkylation sites (tertiary alicyclic amines) is 2. The first-order valence-corrected chi connectivity index (χ1v) is 11.0. The van der Waals surface area contributed by atoms with Crippen molar-refractivity contribution in [2.24, 2.45) is 17.8 Å². The molecule has 2 aromatic carbocycles. The van der Waals surface area contributed by atoms with E-state index in [9.17, 15) is 14.0 Å². The third kappa shape index (κ3) is 3.38. The molecule has 2 aromatic rings. The van der Waals surface area contributed by atoms with E-state index in [1.54, 1.807) is 12.1 Å². The van der Waals surface area contributed by atoms with Gasteiger partial charge in [-0.05, 0) is 43.0 Å². The molecule has 2 aliphatic heterocycles. The van der Waals surface area contributed by atoms with Gasteiger partial charge in [-0.1, -0.05) is 30.3 Å². The topological polar surface area (TPSA) is 49.9 Å². The maximum Gasteiger partial charge on any atom is 0.258 e. The van der Waals surface area contributed by atoms with Crippen LogP contribution in [0.4, 0.5) is 4.39 Å². The van der Waals surface area contributed by atoms with Crippen LogP contribution in [0.25, 0.3) is 0 Å². The number of hydrogen-bond acceptors (Lipinski definition) is 3. The van der Waals surface area contributed by atoms with Gasteiger partial charge in [-0.25, -0.2) is 4.39 Å². The molecule has 6 heteroatoms. The fourth-order valence-corrected chi connectivity index (χ4v) is 5.38. The van der Waals surface area contributed by atoms with Crippen LogP contribution in [-0.2, 0) is 4.79 Å². The fraction of sp³-hybridized carbons (Fsp3) is 0.440. The van der Waals surface area contributed by atoms with Gasteiger partial charge in [-0.2, -0.15) is 0 Å². The molecule has 2 saturated heterocycles. The summed E-state index contributed by atoms with van der Waals surface area (Å²) in [5.41, 5.74) is 2.45. The van der Waals surface area contributed by atoms with Crippen molar-refractivity contribution in [3.05, 3.63) is 65.0 Å². The summed E-state index contributed by atoms with van der Waals surface area (Å²) in [5, 5.41) is 0. The van der Waals surface area contributed by atoms with Gasteiger partial charge in [0, 0.05) is 37.4 Å². The highest BCUT2D eigenvalue weighted by Crippen LogP contribution is 2.47. The highest BCUT2D eigenvalue weighted by atomic mass is 19.1. The Labute approximate surface area is 181 Å². The largest absolute Gasteiger partial charge is 0.493 e. The molecule has 2 amide bonds. The lowest BCUT2D eigenvalue weighted by Crippen LogP contribution is -2.38. The number of fused-ring (bicyclic) bond motifs is 1. The third-order valence-electron chi connectivity index (χ3n) is 7.07. The van der Waals surface area contributed by atoms with Gasteiger partial charge in [0.2, 0.25) is 5.91 Å². The summed E-state index contributed by atoms with van der Waals surface area (Å²) in [6.45, 7) is 3.96. The average Bonchev–Trinajstić information content (AvgIpc) is 3.44. The van der Waals surface area contributed by atoms with Gasteiger partial charge in [-0.15, -0.1) is 0 Å². The van der Waals surface area contributed by atoms with Crippen molar-refractivity contribution in [3.8, 4) is 5.75 Å². The Morgan fingerprint density at radius 3 is 2.52 bits per heavy atom. The number of aryl methyl sites for hydroxylation is 1. The maximum absolute atomic E-state index is 14.3. The van der Waals surface area contributed by atoms with Crippen LogP contribution in [0.3, 0.4) is 0 Å². The number of amides is 2. The van der Waals surface area contributed by atoms with Gasteiger partial charge in [-0.3, -0.25) is 9.59 Å². The molecule has 0 radical (unpaired) electrons. The van der Waals surface area contributed by atoms with Gasteiger partial charge in [0.25, 0.3) is 5.91 Å². The molecule has 162 valence electrons. The Morgan fingerprint density at radius 2 is 1.81 bits per heavy atom. The minimum atomic E-state index is -0.540. The number of para-hydroxylation sites is 1. The minimum Gasteiger partial charge on any atom is -0.493 e. The molecule has 3 fully saturated rings. The van der Waals surface area contributed by atoms with Crippen molar-refractivity contribution < 1.29 is 18.7 Å². The van der Waals surface area contributed by atoms with E-state index in [0.717, 1.165) is 24.0 Å². The Bertz CT molecular complexity index is 1040. The number of nitrogens with zero attached hydrogens (tertiary/aromatic N) is 2. The Kier molecular flexibility index (Phi) is 4.95. The average molecular weight is 423 g/mol. The van der Waals surface area contributed by atoms with Crippen LogP contribution in [0, 0.1) is 30.5 Å². The normalized spacial score (nSPS) is 24.9. The molecule has 2 heterocycles. The molecule has 1 aliphatic carbocycles. The molecule has 1 saturated carbocycles. The molecule has 0 unspecified atom stereocenters. The van der Waals surface area contributed by atoms with Crippen LogP contribution < -0.4 is 4.74 Å². The van der Waals surface area contributed by atoms with E-state index in [0.29, 0.717) is 19.6 Å². The minimum absolute atomic E-state index is 0.0152.